The molecule has 2 aliphatic rings. The first-order valence-corrected chi connectivity index (χ1v) is 12.3. The van der Waals surface area contributed by atoms with E-state index in [1.807, 2.05) is 0 Å². The fraction of sp³-hybridized carbons (Fsp3) is 0.379. The normalized spacial score (nSPS) is 17.9. The molecule has 1 aromatic heterocycles. The van der Waals surface area contributed by atoms with Gasteiger partial charge in [-0.15, -0.1) is 0 Å². The molecule has 1 aliphatic carbocycles. The summed E-state index contributed by atoms with van der Waals surface area (Å²) < 4.78 is 0. The summed E-state index contributed by atoms with van der Waals surface area (Å²) in [5.41, 5.74) is 7.76. The summed E-state index contributed by atoms with van der Waals surface area (Å²) in [6, 6.07) is 17.7. The first kappa shape index (κ1) is 22.6. The minimum Gasteiger partial charge on any atom is -0.478 e. The zero-order valence-electron chi connectivity index (χ0n) is 20.1. The van der Waals surface area contributed by atoms with Crippen LogP contribution in [0.2, 0.25) is 0 Å². The van der Waals surface area contributed by atoms with Gasteiger partial charge in [0.25, 0.3) is 0 Å². The fourth-order valence-corrected chi connectivity index (χ4v) is 5.20. The van der Waals surface area contributed by atoms with Crippen molar-refractivity contribution < 1.29 is 9.90 Å². The third-order valence-electron chi connectivity index (χ3n) is 7.50. The predicted molar refractivity (Wildman–Crippen MR) is 136 cm³/mol. The highest BCUT2D eigenvalue weighted by atomic mass is 16.4. The number of nitrogens with zero attached hydrogens (tertiary/aromatic N) is 3. The largest absolute Gasteiger partial charge is 0.478 e. The van der Waals surface area contributed by atoms with Crippen LogP contribution in [0.25, 0.3) is 0 Å². The third kappa shape index (κ3) is 4.85. The van der Waals surface area contributed by atoms with Gasteiger partial charge in [-0.25, -0.2) is 4.79 Å². The van der Waals surface area contributed by atoms with Crippen molar-refractivity contribution in [3.05, 3.63) is 88.7 Å². The lowest BCUT2D eigenvalue weighted by Crippen LogP contribution is -2.32. The van der Waals surface area contributed by atoms with E-state index < -0.39 is 5.97 Å². The molecule has 176 valence electrons. The van der Waals surface area contributed by atoms with E-state index in [9.17, 15) is 9.90 Å². The number of carboxylic acids is 1. The molecule has 0 spiro atoms. The van der Waals surface area contributed by atoms with Crippen LogP contribution in [0, 0.1) is 5.92 Å². The number of benzene rings is 2. The van der Waals surface area contributed by atoms with Crippen LogP contribution in [-0.2, 0) is 19.3 Å². The van der Waals surface area contributed by atoms with Gasteiger partial charge in [0.05, 0.1) is 5.56 Å². The molecule has 0 radical (unpaired) electrons. The molecule has 0 bridgehead atoms. The van der Waals surface area contributed by atoms with Gasteiger partial charge < -0.3 is 10.0 Å². The van der Waals surface area contributed by atoms with Crippen LogP contribution < -0.4 is 4.90 Å². The molecule has 1 N–H and O–H groups in total. The number of fused-ring (bicyclic) bond motifs is 1. The first-order chi connectivity index (χ1) is 16.5. The Morgan fingerprint density at radius 2 is 1.88 bits per heavy atom. The molecule has 34 heavy (non-hydrogen) atoms. The zero-order valence-corrected chi connectivity index (χ0v) is 20.1. The maximum atomic E-state index is 11.6. The van der Waals surface area contributed by atoms with Gasteiger partial charge in [0.15, 0.2) is 0 Å². The second-order valence-electron chi connectivity index (χ2n) is 9.88. The van der Waals surface area contributed by atoms with E-state index in [0.717, 1.165) is 30.9 Å². The van der Waals surface area contributed by atoms with E-state index in [2.05, 4.69) is 71.3 Å². The number of aromatic nitrogens is 1. The molecule has 0 amide bonds. The smallest absolute Gasteiger partial charge is 0.336 e. The van der Waals surface area contributed by atoms with Crippen molar-refractivity contribution >= 4 is 17.3 Å². The zero-order chi connectivity index (χ0) is 23.7. The van der Waals surface area contributed by atoms with Gasteiger partial charge in [-0.2, -0.15) is 0 Å². The molecule has 3 aromatic rings. The Morgan fingerprint density at radius 3 is 2.62 bits per heavy atom. The highest BCUT2D eigenvalue weighted by Crippen LogP contribution is 2.36. The van der Waals surface area contributed by atoms with Gasteiger partial charge in [0.1, 0.15) is 0 Å². The Bertz CT molecular complexity index is 1170. The molecule has 1 aliphatic heterocycles. The average Bonchev–Trinajstić information content (AvgIpc) is 3.67. The summed E-state index contributed by atoms with van der Waals surface area (Å²) in [6.45, 7) is 1.000. The van der Waals surface area contributed by atoms with Crippen molar-refractivity contribution in [1.82, 2.24) is 9.88 Å². The number of anilines is 2. The molecular formula is C29H33N3O2. The first-order valence-electron chi connectivity index (χ1n) is 12.3. The average molecular weight is 456 g/mol. The standard InChI is InChI=1S/C29H33N3O2/c1-31-16-14-22-18-25(32(2)24-8-5-21(6-9-24)17-20-3-4-20)10-11-26(22)28(31)12-7-23-19-30-15-13-27(23)29(33)34/h5-6,8-11,13,15,18-20,28H,3-4,7,12,14,16-17H2,1-2H3,(H,33,34)/t28-/m1/s1. The van der Waals surface area contributed by atoms with E-state index >= 15 is 0 Å². The second-order valence-corrected chi connectivity index (χ2v) is 9.88. The number of hydrogen-bond donors (Lipinski definition) is 1. The van der Waals surface area contributed by atoms with Crippen molar-refractivity contribution in [2.24, 2.45) is 5.92 Å². The molecule has 2 aromatic carbocycles. The Kier molecular flexibility index (Phi) is 6.38. The highest BCUT2D eigenvalue weighted by molar-refractivity contribution is 5.89. The molecular weight excluding hydrogens is 422 g/mol. The summed E-state index contributed by atoms with van der Waals surface area (Å²) >= 11 is 0. The Morgan fingerprint density at radius 1 is 1.12 bits per heavy atom. The lowest BCUT2D eigenvalue weighted by molar-refractivity contribution is 0.0695. The van der Waals surface area contributed by atoms with Gasteiger partial charge in [-0.05, 0) is 104 Å². The molecule has 2 heterocycles. The van der Waals surface area contributed by atoms with Gasteiger partial charge >= 0.3 is 5.97 Å². The van der Waals surface area contributed by atoms with Crippen LogP contribution in [0.4, 0.5) is 11.4 Å². The Labute approximate surface area is 202 Å². The highest BCUT2D eigenvalue weighted by Gasteiger charge is 2.26. The molecule has 1 atom stereocenters. The monoisotopic (exact) mass is 455 g/mol. The van der Waals surface area contributed by atoms with Crippen LogP contribution >= 0.6 is 0 Å². The van der Waals surface area contributed by atoms with Crippen molar-refractivity contribution in [2.45, 2.75) is 44.6 Å². The number of aromatic carboxylic acids is 1. The molecule has 5 nitrogen and oxygen atoms in total. The van der Waals surface area contributed by atoms with Crippen LogP contribution in [0.1, 0.15) is 57.9 Å². The summed E-state index contributed by atoms with van der Waals surface area (Å²) in [5, 5.41) is 9.50. The molecule has 5 heteroatoms. The van der Waals surface area contributed by atoms with E-state index in [4.69, 9.17) is 0 Å². The van der Waals surface area contributed by atoms with Crippen molar-refractivity contribution in [1.29, 1.82) is 0 Å². The van der Waals surface area contributed by atoms with E-state index in [1.54, 1.807) is 18.5 Å². The number of hydrogen-bond acceptors (Lipinski definition) is 4. The molecule has 5 rings (SSSR count). The topological polar surface area (TPSA) is 56.7 Å². The minimum absolute atomic E-state index is 0.270. The van der Waals surface area contributed by atoms with Gasteiger partial charge in [-0.3, -0.25) is 9.88 Å². The lowest BCUT2D eigenvalue weighted by atomic mass is 9.88. The summed E-state index contributed by atoms with van der Waals surface area (Å²) in [7, 11) is 4.30. The minimum atomic E-state index is -0.886. The van der Waals surface area contributed by atoms with E-state index in [0.29, 0.717) is 12.0 Å². The van der Waals surface area contributed by atoms with Crippen molar-refractivity contribution in [3.8, 4) is 0 Å². The van der Waals surface area contributed by atoms with E-state index in [1.165, 1.54) is 47.3 Å². The van der Waals surface area contributed by atoms with E-state index in [-0.39, 0.29) is 6.04 Å². The number of carboxylic acid groups (broad SMARTS) is 1. The van der Waals surface area contributed by atoms with Crippen LogP contribution in [-0.4, -0.2) is 41.6 Å². The maximum absolute atomic E-state index is 11.6. The Hall–Kier alpha value is -3.18. The number of pyridine rings is 1. The third-order valence-corrected chi connectivity index (χ3v) is 7.50. The second kappa shape index (κ2) is 9.59. The summed E-state index contributed by atoms with van der Waals surface area (Å²) in [4.78, 5) is 20.4. The Balaban J connectivity index is 1.32. The van der Waals surface area contributed by atoms with Crippen LogP contribution in [0.3, 0.4) is 0 Å². The van der Waals surface area contributed by atoms with Crippen LogP contribution in [0.15, 0.2) is 60.9 Å². The van der Waals surface area contributed by atoms with Gasteiger partial charge in [-0.1, -0.05) is 18.2 Å². The summed E-state index contributed by atoms with van der Waals surface area (Å²) in [5.74, 6) is 0.0206. The fourth-order valence-electron chi connectivity index (χ4n) is 5.20. The number of carbonyl (C=O) groups is 1. The lowest BCUT2D eigenvalue weighted by Gasteiger charge is -2.35. The quantitative estimate of drug-likeness (QED) is 0.475. The number of aryl methyl sites for hydroxylation is 1. The molecule has 1 fully saturated rings. The van der Waals surface area contributed by atoms with Crippen molar-refractivity contribution in [3.63, 3.8) is 0 Å². The predicted octanol–water partition coefficient (Wildman–Crippen LogP) is 5.66. The number of likely N-dealkylation sites (N-methyl/N-ethyl adjacent to an activating group) is 1. The van der Waals surface area contributed by atoms with Gasteiger partial charge in [0.2, 0.25) is 0 Å². The van der Waals surface area contributed by atoms with Crippen molar-refractivity contribution in [2.75, 3.05) is 25.5 Å². The van der Waals surface area contributed by atoms with Crippen LogP contribution in [0.5, 0.6) is 0 Å². The molecule has 0 saturated heterocycles. The maximum Gasteiger partial charge on any atom is 0.336 e. The summed E-state index contributed by atoms with van der Waals surface area (Å²) in [6.07, 6.45) is 9.81. The molecule has 0 unspecified atom stereocenters. The number of rotatable bonds is 8. The SMILES string of the molecule is CN(c1ccc(CC2CC2)cc1)c1ccc2c(c1)CCN(C)[C@@H]2CCc1cnccc1C(=O)O. The van der Waals surface area contributed by atoms with Gasteiger partial charge in [0, 0.05) is 43.4 Å². The molecule has 1 saturated carbocycles.